The van der Waals surface area contributed by atoms with E-state index in [0.717, 1.165) is 22.9 Å². The summed E-state index contributed by atoms with van der Waals surface area (Å²) in [6, 6.07) is 24.1. The van der Waals surface area contributed by atoms with Gasteiger partial charge in [-0.1, -0.05) is 86.1 Å². The number of nitrogens with zero attached hydrogens (tertiary/aromatic N) is 2. The fraction of sp³-hybridized carbons (Fsp3) is 0.324. The van der Waals surface area contributed by atoms with Crippen LogP contribution < -0.4 is 11.2 Å². The van der Waals surface area contributed by atoms with Crippen molar-refractivity contribution in [1.82, 2.24) is 14.8 Å². The molecule has 15 heteroatoms. The lowest BCUT2D eigenvalue weighted by atomic mass is 10.1. The van der Waals surface area contributed by atoms with Crippen molar-refractivity contribution < 1.29 is 42.9 Å². The number of aromatic nitrogens is 3. The van der Waals surface area contributed by atoms with Crippen LogP contribution in [-0.4, -0.2) is 75.4 Å². The Morgan fingerprint density at radius 2 is 1.33 bits per heavy atom. The highest BCUT2D eigenvalue weighted by Crippen LogP contribution is 2.35. The lowest BCUT2D eigenvalue weighted by Gasteiger charge is -2.24. The summed E-state index contributed by atoms with van der Waals surface area (Å²) in [4.78, 5) is 81.3. The van der Waals surface area contributed by atoms with E-state index in [1.54, 1.807) is 73.7 Å². The van der Waals surface area contributed by atoms with Crippen LogP contribution in [0.25, 0.3) is 0 Å². The van der Waals surface area contributed by atoms with E-state index in [1.165, 1.54) is 24.3 Å². The van der Waals surface area contributed by atoms with Crippen LogP contribution in [0.1, 0.15) is 70.4 Å². The molecule has 0 unspecified atom stereocenters. The molecule has 1 fully saturated rings. The lowest BCUT2D eigenvalue weighted by Crippen LogP contribution is -2.44. The maximum Gasteiger partial charge on any atom is 0.347 e. The van der Waals surface area contributed by atoms with Gasteiger partial charge in [0.1, 0.15) is 18.0 Å². The van der Waals surface area contributed by atoms with Gasteiger partial charge in [0.05, 0.1) is 23.3 Å². The first-order valence-corrected chi connectivity index (χ1v) is 17.5. The summed E-state index contributed by atoms with van der Waals surface area (Å²) in [5.41, 5.74) is -1.38. The van der Waals surface area contributed by atoms with Gasteiger partial charge in [0, 0.05) is 0 Å². The minimum Gasteiger partial charge on any atom is -0.465 e. The molecule has 52 heavy (non-hydrogen) atoms. The molecule has 2 heterocycles. The van der Waals surface area contributed by atoms with Crippen molar-refractivity contribution >= 4 is 35.6 Å². The number of thioether (sulfide) groups is 1. The number of rotatable bonds is 15. The van der Waals surface area contributed by atoms with Gasteiger partial charge in [-0.3, -0.25) is 14.6 Å². The maximum atomic E-state index is 13.5. The average molecular weight is 732 g/mol. The molecule has 0 bridgehead atoms. The van der Waals surface area contributed by atoms with E-state index in [-0.39, 0.29) is 28.3 Å². The van der Waals surface area contributed by atoms with E-state index >= 15 is 0 Å². The fourth-order valence-electron chi connectivity index (χ4n) is 5.28. The van der Waals surface area contributed by atoms with E-state index < -0.39 is 71.5 Å². The normalized spacial score (nSPS) is 18.6. The summed E-state index contributed by atoms with van der Waals surface area (Å²) < 4.78 is 29.5. The molecule has 1 saturated heterocycles. The number of carbonyl (C=O) groups excluding carboxylic acids is 4. The third-order valence-electron chi connectivity index (χ3n) is 7.86. The van der Waals surface area contributed by atoms with Gasteiger partial charge < -0.3 is 23.7 Å². The number of unbranched alkanes of at least 4 members (excludes halogenated alkanes) is 1. The van der Waals surface area contributed by atoms with E-state index in [2.05, 4.69) is 10.1 Å². The molecular formula is C37H37N3O11S. The zero-order valence-electron chi connectivity index (χ0n) is 28.4. The molecule has 0 aliphatic carbocycles. The standard InChI is InChI=1S/C37H37N3O11S/c1-3-5-21-27(36(45)47-4-2)52-31-30(41)38-37(46)40(39-31)32-29(51-35(44)25-19-13-8-14-20-25)28(50-34(43)24-17-11-7-12-18-24)26(49-32)22-48-33(42)23-15-9-6-10-16-23/h6-20,26-29,32H,3-5,21-22H2,1-2H3,(H,38,41,46)/t26-,27-,28+,29+,32-/m0/s1. The topological polar surface area (TPSA) is 182 Å². The second-order valence-electron chi connectivity index (χ2n) is 11.5. The maximum absolute atomic E-state index is 13.5. The summed E-state index contributed by atoms with van der Waals surface area (Å²) in [5.74, 6) is -2.94. The molecule has 0 saturated carbocycles. The SMILES string of the molecule is CCCC[C@H](Sc1nn([C@H]2O[C@@H](COC(=O)c3ccccc3)[C@@H](OC(=O)c3ccccc3)[C@H]2OC(=O)c2ccccc2)c(=O)[nH]c1=O)C(=O)OCC. The summed E-state index contributed by atoms with van der Waals surface area (Å²) in [5, 5.41) is 3.19. The van der Waals surface area contributed by atoms with Crippen molar-refractivity contribution in [2.24, 2.45) is 0 Å². The fourth-order valence-corrected chi connectivity index (χ4v) is 6.30. The van der Waals surface area contributed by atoms with Crippen LogP contribution in [-0.2, 0) is 28.5 Å². The zero-order valence-corrected chi connectivity index (χ0v) is 29.2. The Balaban J connectivity index is 1.55. The Morgan fingerprint density at radius 3 is 1.87 bits per heavy atom. The minimum atomic E-state index is -1.61. The van der Waals surface area contributed by atoms with Gasteiger partial charge in [-0.25, -0.2) is 19.2 Å². The molecule has 4 aromatic rings. The van der Waals surface area contributed by atoms with Crippen molar-refractivity contribution in [3.8, 4) is 0 Å². The Bertz CT molecular complexity index is 1950. The molecule has 0 radical (unpaired) electrons. The first kappa shape index (κ1) is 37.7. The van der Waals surface area contributed by atoms with Gasteiger partial charge in [-0.05, 0) is 49.7 Å². The third kappa shape index (κ3) is 9.41. The van der Waals surface area contributed by atoms with Gasteiger partial charge >= 0.3 is 29.6 Å². The predicted molar refractivity (Wildman–Crippen MR) is 187 cm³/mol. The van der Waals surface area contributed by atoms with Crippen molar-refractivity contribution in [2.75, 3.05) is 13.2 Å². The average Bonchev–Trinajstić information content (AvgIpc) is 3.49. The second kappa shape index (κ2) is 18.1. The summed E-state index contributed by atoms with van der Waals surface area (Å²) >= 11 is 0.811. The number of hydrogen-bond acceptors (Lipinski definition) is 13. The summed E-state index contributed by atoms with van der Waals surface area (Å²) in [6.07, 6.45) is -4.14. The highest BCUT2D eigenvalue weighted by Gasteiger charge is 2.52. The van der Waals surface area contributed by atoms with Crippen LogP contribution in [0.4, 0.5) is 0 Å². The van der Waals surface area contributed by atoms with E-state index in [1.807, 2.05) is 6.92 Å². The number of benzene rings is 3. The van der Waals surface area contributed by atoms with Gasteiger partial charge in [0.15, 0.2) is 23.5 Å². The molecular weight excluding hydrogens is 694 g/mol. The highest BCUT2D eigenvalue weighted by molar-refractivity contribution is 8.00. The Labute approximate surface area is 302 Å². The van der Waals surface area contributed by atoms with Crippen molar-refractivity contribution in [3.05, 3.63) is 129 Å². The van der Waals surface area contributed by atoms with E-state index in [4.69, 9.17) is 23.7 Å². The smallest absolute Gasteiger partial charge is 0.347 e. The van der Waals surface area contributed by atoms with Crippen LogP contribution in [0.5, 0.6) is 0 Å². The molecule has 5 rings (SSSR count). The van der Waals surface area contributed by atoms with Crippen molar-refractivity contribution in [3.63, 3.8) is 0 Å². The Kier molecular flexibility index (Phi) is 13.1. The molecule has 272 valence electrons. The molecule has 0 amide bonds. The van der Waals surface area contributed by atoms with Crippen LogP contribution in [0.3, 0.4) is 0 Å². The van der Waals surface area contributed by atoms with Gasteiger partial charge in [0.2, 0.25) is 0 Å². The molecule has 3 aromatic carbocycles. The molecule has 1 aliphatic rings. The van der Waals surface area contributed by atoms with Gasteiger partial charge in [-0.2, -0.15) is 9.78 Å². The molecule has 1 aromatic heterocycles. The first-order valence-electron chi connectivity index (χ1n) is 16.7. The largest absolute Gasteiger partial charge is 0.465 e. The number of esters is 4. The number of nitrogens with one attached hydrogen (secondary N) is 1. The number of ether oxygens (including phenoxy) is 5. The lowest BCUT2D eigenvalue weighted by molar-refractivity contribution is -0.142. The molecule has 0 spiro atoms. The monoisotopic (exact) mass is 731 g/mol. The predicted octanol–water partition coefficient (Wildman–Crippen LogP) is 4.35. The van der Waals surface area contributed by atoms with Crippen molar-refractivity contribution in [1.29, 1.82) is 0 Å². The van der Waals surface area contributed by atoms with Crippen LogP contribution in [0.2, 0.25) is 0 Å². The van der Waals surface area contributed by atoms with Crippen LogP contribution >= 0.6 is 11.8 Å². The van der Waals surface area contributed by atoms with E-state index in [9.17, 15) is 28.8 Å². The first-order chi connectivity index (χ1) is 25.2. The number of hydrogen-bond donors (Lipinski definition) is 1. The van der Waals surface area contributed by atoms with Crippen LogP contribution in [0.15, 0.2) is 106 Å². The van der Waals surface area contributed by atoms with Crippen molar-refractivity contribution in [2.45, 2.75) is 67.9 Å². The summed E-state index contributed by atoms with van der Waals surface area (Å²) in [7, 11) is 0. The van der Waals surface area contributed by atoms with Crippen LogP contribution in [0, 0.1) is 0 Å². The minimum absolute atomic E-state index is 0.120. The van der Waals surface area contributed by atoms with E-state index in [0.29, 0.717) is 12.8 Å². The third-order valence-corrected chi connectivity index (χ3v) is 9.07. The van der Waals surface area contributed by atoms with Gasteiger partial charge in [-0.15, -0.1) is 0 Å². The highest BCUT2D eigenvalue weighted by atomic mass is 32.2. The van der Waals surface area contributed by atoms with Gasteiger partial charge in [0.25, 0.3) is 5.56 Å². The Morgan fingerprint density at radius 1 is 0.788 bits per heavy atom. The number of H-pyrrole nitrogens is 1. The summed E-state index contributed by atoms with van der Waals surface area (Å²) in [6.45, 7) is 3.22. The quantitative estimate of drug-likeness (QED) is 0.104. The number of aromatic amines is 1. The molecule has 1 N–H and O–H groups in total. The second-order valence-corrected chi connectivity index (χ2v) is 12.7. The Hall–Kier alpha value is -5.54. The molecule has 5 atom stereocenters. The molecule has 1 aliphatic heterocycles. The number of carbonyl (C=O) groups is 4. The molecule has 14 nitrogen and oxygen atoms in total. The zero-order chi connectivity index (χ0) is 37.0.